The van der Waals surface area contributed by atoms with Crippen LogP contribution in [-0.2, 0) is 0 Å². The van der Waals surface area contributed by atoms with Gasteiger partial charge in [0.2, 0.25) is 0 Å². The summed E-state index contributed by atoms with van der Waals surface area (Å²) in [7, 11) is 0. The molecule has 1 aliphatic heterocycles. The Morgan fingerprint density at radius 1 is 1.59 bits per heavy atom. The quantitative estimate of drug-likeness (QED) is 0.901. The monoisotopic (exact) mass is 303 g/mol. The van der Waals surface area contributed by atoms with E-state index in [-0.39, 0.29) is 18.4 Å². The molecule has 1 aromatic rings. The summed E-state index contributed by atoms with van der Waals surface area (Å²) >= 11 is 3.25. The second-order valence-corrected chi connectivity index (χ2v) is 5.03. The van der Waals surface area contributed by atoms with Crippen LogP contribution in [0.15, 0.2) is 16.6 Å². The van der Waals surface area contributed by atoms with Gasteiger partial charge in [-0.1, -0.05) is 22.9 Å². The Morgan fingerprint density at radius 2 is 2.35 bits per heavy atom. The van der Waals surface area contributed by atoms with Crippen molar-refractivity contribution in [2.75, 3.05) is 13.2 Å². The molecule has 0 aliphatic carbocycles. The fourth-order valence-electron chi connectivity index (χ4n) is 1.98. The number of aliphatic hydroxyl groups excluding tert-OH is 1. The summed E-state index contributed by atoms with van der Waals surface area (Å²) < 4.78 is 19.6. The minimum atomic E-state index is -0.650. The molecule has 1 aliphatic rings. The van der Waals surface area contributed by atoms with Gasteiger partial charge >= 0.3 is 0 Å². The summed E-state index contributed by atoms with van der Waals surface area (Å²) in [6, 6.07) is 2.88. The highest BCUT2D eigenvalue weighted by molar-refractivity contribution is 9.10. The van der Waals surface area contributed by atoms with Crippen LogP contribution >= 0.6 is 15.9 Å². The molecular weight excluding hydrogens is 289 g/mol. The van der Waals surface area contributed by atoms with Crippen molar-refractivity contribution in [3.63, 3.8) is 0 Å². The number of halogens is 2. The Hall–Kier alpha value is -0.650. The Morgan fingerprint density at radius 3 is 3.06 bits per heavy atom. The number of hydrogen-bond acceptors (Lipinski definition) is 3. The van der Waals surface area contributed by atoms with Gasteiger partial charge in [-0.15, -0.1) is 0 Å². The topological polar surface area (TPSA) is 41.5 Å². The van der Waals surface area contributed by atoms with Crippen LogP contribution in [0, 0.1) is 5.82 Å². The molecule has 2 rings (SSSR count). The maximum Gasteiger partial charge on any atom is 0.166 e. The average molecular weight is 304 g/mol. The number of rotatable bonds is 3. The molecule has 0 bridgehead atoms. The first-order valence-corrected chi connectivity index (χ1v) is 6.46. The molecule has 1 aromatic carbocycles. The van der Waals surface area contributed by atoms with Crippen molar-refractivity contribution in [3.05, 3.63) is 28.0 Å². The van der Waals surface area contributed by atoms with Crippen LogP contribution in [0.4, 0.5) is 4.39 Å². The van der Waals surface area contributed by atoms with Crippen LogP contribution in [-0.4, -0.2) is 24.4 Å². The van der Waals surface area contributed by atoms with Gasteiger partial charge in [0.1, 0.15) is 12.7 Å². The first kappa shape index (κ1) is 12.8. The van der Waals surface area contributed by atoms with Gasteiger partial charge in [0.05, 0.1) is 6.04 Å². The zero-order valence-corrected chi connectivity index (χ0v) is 11.1. The molecule has 2 N–H and O–H groups in total. The van der Waals surface area contributed by atoms with Gasteiger partial charge in [-0.3, -0.25) is 0 Å². The van der Waals surface area contributed by atoms with Gasteiger partial charge in [-0.2, -0.15) is 0 Å². The third-order valence-electron chi connectivity index (χ3n) is 2.77. The Labute approximate surface area is 108 Å². The fraction of sp³-hybridized carbons (Fsp3) is 0.500. The predicted octanol–water partition coefficient (Wildman–Crippen LogP) is 2.38. The molecule has 0 saturated heterocycles. The van der Waals surface area contributed by atoms with Gasteiger partial charge in [0.25, 0.3) is 0 Å². The summed E-state index contributed by atoms with van der Waals surface area (Å²) in [5.74, 6) is -0.156. The smallest absolute Gasteiger partial charge is 0.166 e. The minimum absolute atomic E-state index is 0.118. The van der Waals surface area contributed by atoms with Crippen molar-refractivity contribution in [1.82, 2.24) is 5.32 Å². The minimum Gasteiger partial charge on any atom is -0.487 e. The van der Waals surface area contributed by atoms with Crippen LogP contribution < -0.4 is 10.1 Å². The molecule has 0 fully saturated rings. The molecule has 17 heavy (non-hydrogen) atoms. The van der Waals surface area contributed by atoms with Crippen molar-refractivity contribution in [2.45, 2.75) is 25.5 Å². The van der Waals surface area contributed by atoms with Gasteiger partial charge < -0.3 is 15.2 Å². The van der Waals surface area contributed by atoms with Crippen molar-refractivity contribution in [3.8, 4) is 5.75 Å². The predicted molar refractivity (Wildman–Crippen MR) is 66.6 cm³/mol. The van der Waals surface area contributed by atoms with Crippen molar-refractivity contribution in [1.29, 1.82) is 0 Å². The van der Waals surface area contributed by atoms with Crippen LogP contribution in [0.3, 0.4) is 0 Å². The van der Waals surface area contributed by atoms with E-state index in [4.69, 9.17) is 4.74 Å². The molecule has 94 valence electrons. The number of fused-ring (bicyclic) bond motifs is 1. The molecule has 0 spiro atoms. The lowest BCUT2D eigenvalue weighted by Crippen LogP contribution is -2.39. The summed E-state index contributed by atoms with van der Waals surface area (Å²) in [4.78, 5) is 0. The SMILES string of the molecule is CCCNC1c2cc(Br)cc(F)c2OCC1O. The highest BCUT2D eigenvalue weighted by Gasteiger charge is 2.31. The number of nitrogens with one attached hydrogen (secondary N) is 1. The third kappa shape index (κ3) is 2.61. The lowest BCUT2D eigenvalue weighted by Gasteiger charge is -2.31. The van der Waals surface area contributed by atoms with E-state index < -0.39 is 11.9 Å². The molecule has 5 heteroatoms. The van der Waals surface area contributed by atoms with E-state index in [1.54, 1.807) is 6.07 Å². The fourth-order valence-corrected chi connectivity index (χ4v) is 2.43. The van der Waals surface area contributed by atoms with E-state index in [1.165, 1.54) is 6.07 Å². The van der Waals surface area contributed by atoms with Crippen molar-refractivity contribution >= 4 is 15.9 Å². The van der Waals surface area contributed by atoms with E-state index in [9.17, 15) is 9.50 Å². The molecule has 1 heterocycles. The number of hydrogen-bond donors (Lipinski definition) is 2. The molecule has 3 nitrogen and oxygen atoms in total. The van der Waals surface area contributed by atoms with Gasteiger partial charge in [-0.25, -0.2) is 4.39 Å². The first-order valence-electron chi connectivity index (χ1n) is 5.66. The van der Waals surface area contributed by atoms with Crippen molar-refractivity contribution in [2.24, 2.45) is 0 Å². The van der Waals surface area contributed by atoms with E-state index in [0.29, 0.717) is 10.0 Å². The summed E-state index contributed by atoms with van der Waals surface area (Å²) in [5, 5.41) is 13.1. The third-order valence-corrected chi connectivity index (χ3v) is 3.23. The first-order chi connectivity index (χ1) is 8.13. The van der Waals surface area contributed by atoms with Crippen molar-refractivity contribution < 1.29 is 14.2 Å². The van der Waals surface area contributed by atoms with E-state index in [2.05, 4.69) is 21.2 Å². The largest absolute Gasteiger partial charge is 0.487 e. The Kier molecular flexibility index (Phi) is 4.01. The summed E-state index contributed by atoms with van der Waals surface area (Å²) in [6.07, 6.45) is 0.304. The lowest BCUT2D eigenvalue weighted by atomic mass is 9.98. The number of benzene rings is 1. The van der Waals surface area contributed by atoms with Gasteiger partial charge in [-0.05, 0) is 25.1 Å². The number of ether oxygens (including phenoxy) is 1. The molecule has 2 unspecified atom stereocenters. The molecular formula is C12H15BrFNO2. The van der Waals surface area contributed by atoms with E-state index in [1.807, 2.05) is 6.92 Å². The van der Waals surface area contributed by atoms with Crippen LogP contribution in [0.5, 0.6) is 5.75 Å². The van der Waals surface area contributed by atoms with E-state index in [0.717, 1.165) is 13.0 Å². The van der Waals surface area contributed by atoms with E-state index >= 15 is 0 Å². The number of aliphatic hydroxyl groups is 1. The standard InChI is InChI=1S/C12H15BrFNO2/c1-2-3-15-11-8-4-7(13)5-9(14)12(8)17-6-10(11)16/h4-5,10-11,15-16H,2-3,6H2,1H3. The molecule has 0 aromatic heterocycles. The lowest BCUT2D eigenvalue weighted by molar-refractivity contribution is 0.0527. The van der Waals surface area contributed by atoms with Gasteiger partial charge in [0.15, 0.2) is 11.6 Å². The summed E-state index contributed by atoms with van der Waals surface area (Å²) in [6.45, 7) is 2.93. The van der Waals surface area contributed by atoms with Crippen LogP contribution in [0.1, 0.15) is 24.9 Å². The van der Waals surface area contributed by atoms with Gasteiger partial charge in [0, 0.05) is 10.0 Å². The Bertz CT molecular complexity index is 414. The molecule has 2 atom stereocenters. The highest BCUT2D eigenvalue weighted by Crippen LogP contribution is 2.36. The maximum absolute atomic E-state index is 13.7. The Balaban J connectivity index is 2.36. The van der Waals surface area contributed by atoms with Crippen LogP contribution in [0.25, 0.3) is 0 Å². The highest BCUT2D eigenvalue weighted by atomic mass is 79.9. The van der Waals surface area contributed by atoms with Crippen LogP contribution in [0.2, 0.25) is 0 Å². The normalized spacial score (nSPS) is 23.1. The second-order valence-electron chi connectivity index (χ2n) is 4.12. The molecule has 0 amide bonds. The maximum atomic E-state index is 13.7. The summed E-state index contributed by atoms with van der Waals surface area (Å²) in [5.41, 5.74) is 0.670. The zero-order valence-electron chi connectivity index (χ0n) is 9.54. The molecule has 0 radical (unpaired) electrons. The average Bonchev–Trinajstić information content (AvgIpc) is 2.27. The molecule has 0 saturated carbocycles. The second kappa shape index (κ2) is 5.33. The zero-order chi connectivity index (χ0) is 12.4.